The van der Waals surface area contributed by atoms with Crippen molar-refractivity contribution in [3.05, 3.63) is 23.8 Å². The summed E-state index contributed by atoms with van der Waals surface area (Å²) >= 11 is 0. The molecule has 114 valence electrons. The van der Waals surface area contributed by atoms with Gasteiger partial charge < -0.3 is 25.3 Å². The fourth-order valence-corrected chi connectivity index (χ4v) is 2.20. The fourth-order valence-electron chi connectivity index (χ4n) is 2.20. The minimum Gasteiger partial charge on any atom is -0.504 e. The Bertz CT molecular complexity index is 541. The van der Waals surface area contributed by atoms with Crippen molar-refractivity contribution in [3.8, 4) is 11.5 Å². The molecule has 0 aliphatic carbocycles. The van der Waals surface area contributed by atoms with Crippen molar-refractivity contribution in [3.63, 3.8) is 0 Å². The van der Waals surface area contributed by atoms with Crippen LogP contribution in [0.4, 0.5) is 0 Å². The third-order valence-electron chi connectivity index (χ3n) is 3.43. The van der Waals surface area contributed by atoms with Crippen molar-refractivity contribution in [2.45, 2.75) is 0 Å². The highest BCUT2D eigenvalue weighted by molar-refractivity contribution is 5.99. The summed E-state index contributed by atoms with van der Waals surface area (Å²) in [6, 6.07) is 4.16. The average molecular weight is 293 g/mol. The zero-order chi connectivity index (χ0) is 15.4. The van der Waals surface area contributed by atoms with E-state index in [1.807, 2.05) is 0 Å². The molecular weight excluding hydrogens is 274 g/mol. The van der Waals surface area contributed by atoms with Crippen molar-refractivity contribution in [2.24, 2.45) is 0 Å². The van der Waals surface area contributed by atoms with Crippen LogP contribution in [-0.2, 0) is 4.79 Å². The van der Waals surface area contributed by atoms with Crippen LogP contribution in [0.3, 0.4) is 0 Å². The summed E-state index contributed by atoms with van der Waals surface area (Å²) in [6.07, 6.45) is 0. The van der Waals surface area contributed by atoms with Gasteiger partial charge in [-0.15, -0.1) is 0 Å². The van der Waals surface area contributed by atoms with Gasteiger partial charge in [0.25, 0.3) is 5.91 Å². The minimum absolute atomic E-state index is 0.0226. The zero-order valence-electron chi connectivity index (χ0n) is 11.9. The molecule has 21 heavy (non-hydrogen) atoms. The van der Waals surface area contributed by atoms with Crippen molar-refractivity contribution < 1.29 is 19.8 Å². The monoisotopic (exact) mass is 293 g/mol. The molecule has 1 aromatic rings. The lowest BCUT2D eigenvalue weighted by atomic mass is 10.1. The Morgan fingerprint density at radius 2 is 1.95 bits per heavy atom. The van der Waals surface area contributed by atoms with E-state index in [0.29, 0.717) is 13.1 Å². The number of rotatable bonds is 3. The molecule has 2 amide bonds. The van der Waals surface area contributed by atoms with Gasteiger partial charge in [-0.1, -0.05) is 6.07 Å². The summed E-state index contributed by atoms with van der Waals surface area (Å²) in [4.78, 5) is 27.2. The van der Waals surface area contributed by atoms with Gasteiger partial charge >= 0.3 is 0 Å². The molecule has 1 fully saturated rings. The highest BCUT2D eigenvalue weighted by Gasteiger charge is 2.22. The first-order chi connectivity index (χ1) is 10.0. The van der Waals surface area contributed by atoms with E-state index in [0.717, 1.165) is 13.1 Å². The molecule has 0 radical (unpaired) electrons. The minimum atomic E-state index is -0.508. The van der Waals surface area contributed by atoms with Gasteiger partial charge in [0, 0.05) is 33.2 Å². The molecule has 0 atom stereocenters. The van der Waals surface area contributed by atoms with E-state index in [1.165, 1.54) is 30.1 Å². The number of hydrogen-bond donors (Lipinski definition) is 3. The zero-order valence-corrected chi connectivity index (χ0v) is 11.9. The smallest absolute Gasteiger partial charge is 0.257 e. The predicted molar refractivity (Wildman–Crippen MR) is 76.2 cm³/mol. The van der Waals surface area contributed by atoms with Gasteiger partial charge in [-0.05, 0) is 12.1 Å². The van der Waals surface area contributed by atoms with E-state index in [2.05, 4.69) is 5.32 Å². The maximum atomic E-state index is 12.2. The molecule has 0 unspecified atom stereocenters. The van der Waals surface area contributed by atoms with Crippen LogP contribution in [0.2, 0.25) is 0 Å². The second-order valence-corrected chi connectivity index (χ2v) is 4.97. The first-order valence-corrected chi connectivity index (χ1v) is 6.75. The van der Waals surface area contributed by atoms with Gasteiger partial charge in [0.05, 0.1) is 12.1 Å². The van der Waals surface area contributed by atoms with Crippen molar-refractivity contribution in [2.75, 3.05) is 39.8 Å². The van der Waals surface area contributed by atoms with Crippen LogP contribution in [0, 0.1) is 0 Å². The number of nitrogens with one attached hydrogen (secondary N) is 1. The SMILES string of the molecule is CN(CC(=O)N1CCNCC1)C(=O)c1cccc(O)c1O. The van der Waals surface area contributed by atoms with Crippen LogP contribution >= 0.6 is 0 Å². The van der Waals surface area contributed by atoms with Crippen LogP contribution in [0.25, 0.3) is 0 Å². The first kappa shape index (κ1) is 15.1. The van der Waals surface area contributed by atoms with E-state index < -0.39 is 11.7 Å². The normalized spacial score (nSPS) is 14.8. The number of likely N-dealkylation sites (N-methyl/N-ethyl adjacent to an activating group) is 1. The standard InChI is InChI=1S/C14H19N3O4/c1-16(9-12(19)17-7-5-15-6-8-17)14(21)10-3-2-4-11(18)13(10)20/h2-4,15,18,20H,5-9H2,1H3. The van der Waals surface area contributed by atoms with Gasteiger partial charge in [0.15, 0.2) is 11.5 Å². The topological polar surface area (TPSA) is 93.1 Å². The van der Waals surface area contributed by atoms with Crippen molar-refractivity contribution in [1.82, 2.24) is 15.1 Å². The second-order valence-electron chi connectivity index (χ2n) is 4.97. The summed E-state index contributed by atoms with van der Waals surface area (Å²) in [5.41, 5.74) is -0.0226. The van der Waals surface area contributed by atoms with Crippen LogP contribution in [0.15, 0.2) is 18.2 Å². The second kappa shape index (κ2) is 6.45. The Labute approximate surface area is 122 Å². The quantitative estimate of drug-likeness (QED) is 0.660. The summed E-state index contributed by atoms with van der Waals surface area (Å²) < 4.78 is 0. The van der Waals surface area contributed by atoms with E-state index in [9.17, 15) is 19.8 Å². The molecule has 1 heterocycles. The number of para-hydroxylation sites is 1. The van der Waals surface area contributed by atoms with Crippen LogP contribution < -0.4 is 5.32 Å². The Kier molecular flexibility index (Phi) is 4.64. The molecule has 0 aromatic heterocycles. The van der Waals surface area contributed by atoms with Gasteiger partial charge in [0.2, 0.25) is 5.91 Å². The number of phenols is 2. The van der Waals surface area contributed by atoms with Gasteiger partial charge in [0.1, 0.15) is 0 Å². The molecule has 0 spiro atoms. The summed E-state index contributed by atoms with van der Waals surface area (Å²) in [7, 11) is 1.49. The van der Waals surface area contributed by atoms with Gasteiger partial charge in [-0.2, -0.15) is 0 Å². The Balaban J connectivity index is 2.02. The Morgan fingerprint density at radius 3 is 2.62 bits per heavy atom. The molecule has 7 nitrogen and oxygen atoms in total. The van der Waals surface area contributed by atoms with Crippen LogP contribution in [0.5, 0.6) is 11.5 Å². The molecule has 2 rings (SSSR count). The maximum absolute atomic E-state index is 12.2. The molecule has 0 bridgehead atoms. The van der Waals surface area contributed by atoms with Gasteiger partial charge in [-0.3, -0.25) is 9.59 Å². The van der Waals surface area contributed by atoms with Crippen LogP contribution in [-0.4, -0.2) is 71.6 Å². The molecule has 1 saturated heterocycles. The molecule has 7 heteroatoms. The Morgan fingerprint density at radius 1 is 1.29 bits per heavy atom. The number of phenolic OH excluding ortho intramolecular Hbond substituents is 2. The molecule has 1 aliphatic rings. The Hall–Kier alpha value is -2.28. The third-order valence-corrected chi connectivity index (χ3v) is 3.43. The molecular formula is C14H19N3O4. The third kappa shape index (κ3) is 3.43. The predicted octanol–water partition coefficient (Wildman–Crippen LogP) is -0.398. The lowest BCUT2D eigenvalue weighted by molar-refractivity contribution is -0.132. The maximum Gasteiger partial charge on any atom is 0.257 e. The number of carbonyl (C=O) groups excluding carboxylic acids is 2. The highest BCUT2D eigenvalue weighted by atomic mass is 16.3. The van der Waals surface area contributed by atoms with Crippen molar-refractivity contribution >= 4 is 11.8 Å². The van der Waals surface area contributed by atoms with E-state index in [-0.39, 0.29) is 23.8 Å². The van der Waals surface area contributed by atoms with E-state index >= 15 is 0 Å². The number of piperazine rings is 1. The number of nitrogens with zero attached hydrogens (tertiary/aromatic N) is 2. The largest absolute Gasteiger partial charge is 0.504 e. The van der Waals surface area contributed by atoms with Crippen molar-refractivity contribution in [1.29, 1.82) is 0 Å². The molecule has 0 saturated carbocycles. The average Bonchev–Trinajstić information content (AvgIpc) is 2.50. The molecule has 1 aromatic carbocycles. The number of amides is 2. The summed E-state index contributed by atoms with van der Waals surface area (Å²) in [6.45, 7) is 2.68. The van der Waals surface area contributed by atoms with E-state index in [1.54, 1.807) is 4.90 Å². The number of aromatic hydroxyl groups is 2. The van der Waals surface area contributed by atoms with Gasteiger partial charge in [-0.25, -0.2) is 0 Å². The molecule has 1 aliphatic heterocycles. The summed E-state index contributed by atoms with van der Waals surface area (Å²) in [5.74, 6) is -1.47. The lowest BCUT2D eigenvalue weighted by Crippen LogP contribution is -2.49. The van der Waals surface area contributed by atoms with E-state index in [4.69, 9.17) is 0 Å². The number of hydrogen-bond acceptors (Lipinski definition) is 5. The molecule has 3 N–H and O–H groups in total. The fraction of sp³-hybridized carbons (Fsp3) is 0.429. The highest BCUT2D eigenvalue weighted by Crippen LogP contribution is 2.28. The summed E-state index contributed by atoms with van der Waals surface area (Å²) in [5, 5.41) is 22.3. The first-order valence-electron chi connectivity index (χ1n) is 6.75. The van der Waals surface area contributed by atoms with Crippen LogP contribution in [0.1, 0.15) is 10.4 Å². The number of benzene rings is 1. The number of carbonyl (C=O) groups is 2. The lowest BCUT2D eigenvalue weighted by Gasteiger charge is -2.29.